The number of ether oxygens (including phenoxy) is 1. The molecule has 6 nitrogen and oxygen atoms in total. The Bertz CT molecular complexity index is 498. The molecule has 124 valence electrons. The predicted octanol–water partition coefficient (Wildman–Crippen LogP) is 3.30. The van der Waals surface area contributed by atoms with Gasteiger partial charge in [0.25, 0.3) is 0 Å². The van der Waals surface area contributed by atoms with Crippen LogP contribution >= 0.6 is 11.5 Å². The Morgan fingerprint density at radius 1 is 1.50 bits per heavy atom. The van der Waals surface area contributed by atoms with Crippen LogP contribution in [-0.2, 0) is 4.74 Å². The number of hydrogen-bond acceptors (Lipinski definition) is 6. The van der Waals surface area contributed by atoms with Gasteiger partial charge in [-0.25, -0.2) is 9.78 Å². The molecule has 1 N–H and O–H groups in total. The first kappa shape index (κ1) is 17.0. The van der Waals surface area contributed by atoms with Crippen molar-refractivity contribution in [2.24, 2.45) is 5.92 Å². The molecule has 0 aliphatic carbocycles. The summed E-state index contributed by atoms with van der Waals surface area (Å²) in [6.45, 7) is 10.0. The zero-order chi connectivity index (χ0) is 16.2. The van der Waals surface area contributed by atoms with E-state index >= 15 is 0 Å². The minimum Gasteiger partial charge on any atom is -0.444 e. The van der Waals surface area contributed by atoms with E-state index in [-0.39, 0.29) is 6.09 Å². The van der Waals surface area contributed by atoms with Crippen molar-refractivity contribution in [1.82, 2.24) is 14.3 Å². The second kappa shape index (κ2) is 7.26. The Morgan fingerprint density at radius 2 is 2.27 bits per heavy atom. The van der Waals surface area contributed by atoms with Crippen LogP contribution < -0.4 is 5.32 Å². The molecule has 1 aliphatic heterocycles. The molecule has 7 heteroatoms. The number of nitrogens with one attached hydrogen (secondary N) is 1. The number of anilines is 1. The van der Waals surface area contributed by atoms with Crippen LogP contribution in [0.5, 0.6) is 0 Å². The van der Waals surface area contributed by atoms with E-state index in [1.165, 1.54) is 11.5 Å². The number of aromatic nitrogens is 2. The van der Waals surface area contributed by atoms with Gasteiger partial charge in [0.1, 0.15) is 11.4 Å². The SMILES string of the molecule is Cc1nsc(NCCC2CCCN(C(=O)OC(C)(C)C)C2)n1. The van der Waals surface area contributed by atoms with Gasteiger partial charge in [0.15, 0.2) is 0 Å². The van der Waals surface area contributed by atoms with E-state index in [0.717, 1.165) is 49.9 Å². The van der Waals surface area contributed by atoms with Crippen LogP contribution in [0.3, 0.4) is 0 Å². The predicted molar refractivity (Wildman–Crippen MR) is 88.3 cm³/mol. The van der Waals surface area contributed by atoms with Crippen molar-refractivity contribution < 1.29 is 9.53 Å². The number of carbonyl (C=O) groups is 1. The van der Waals surface area contributed by atoms with E-state index in [1.807, 2.05) is 32.6 Å². The summed E-state index contributed by atoms with van der Waals surface area (Å²) in [5.41, 5.74) is -0.429. The van der Waals surface area contributed by atoms with Gasteiger partial charge in [-0.05, 0) is 52.9 Å². The minimum absolute atomic E-state index is 0.190. The first-order chi connectivity index (χ1) is 10.3. The van der Waals surface area contributed by atoms with E-state index in [9.17, 15) is 4.79 Å². The van der Waals surface area contributed by atoms with Gasteiger partial charge in [0, 0.05) is 31.2 Å². The van der Waals surface area contributed by atoms with E-state index in [4.69, 9.17) is 4.74 Å². The minimum atomic E-state index is -0.429. The van der Waals surface area contributed by atoms with Crippen molar-refractivity contribution in [2.75, 3.05) is 25.0 Å². The Hall–Kier alpha value is -1.37. The molecular weight excluding hydrogens is 300 g/mol. The molecule has 1 unspecified atom stereocenters. The first-order valence-corrected chi connectivity index (χ1v) is 8.63. The van der Waals surface area contributed by atoms with Crippen molar-refractivity contribution in [1.29, 1.82) is 0 Å². The second-order valence-corrected chi connectivity index (χ2v) is 7.55. The molecule has 1 aromatic heterocycles. The maximum absolute atomic E-state index is 12.1. The fourth-order valence-corrected chi connectivity index (χ4v) is 3.14. The molecule has 2 rings (SSSR count). The summed E-state index contributed by atoms with van der Waals surface area (Å²) < 4.78 is 9.61. The summed E-state index contributed by atoms with van der Waals surface area (Å²) in [6, 6.07) is 0. The lowest BCUT2D eigenvalue weighted by atomic mass is 9.95. The third-order valence-electron chi connectivity index (χ3n) is 3.53. The molecule has 1 aliphatic rings. The molecule has 0 saturated carbocycles. The topological polar surface area (TPSA) is 67.4 Å². The molecule has 1 aromatic rings. The van der Waals surface area contributed by atoms with Crippen LogP contribution in [0.25, 0.3) is 0 Å². The van der Waals surface area contributed by atoms with Crippen LogP contribution in [0.4, 0.5) is 9.93 Å². The number of rotatable bonds is 4. The highest BCUT2D eigenvalue weighted by molar-refractivity contribution is 7.09. The summed E-state index contributed by atoms with van der Waals surface area (Å²) in [4.78, 5) is 18.3. The van der Waals surface area contributed by atoms with Crippen LogP contribution in [0.15, 0.2) is 0 Å². The van der Waals surface area contributed by atoms with E-state index in [2.05, 4.69) is 14.7 Å². The lowest BCUT2D eigenvalue weighted by molar-refractivity contribution is 0.0163. The summed E-state index contributed by atoms with van der Waals surface area (Å²) in [7, 11) is 0. The molecule has 1 saturated heterocycles. The smallest absolute Gasteiger partial charge is 0.410 e. The number of aryl methyl sites for hydroxylation is 1. The molecule has 2 heterocycles. The van der Waals surface area contributed by atoms with Gasteiger partial charge in [0.05, 0.1) is 0 Å². The fourth-order valence-electron chi connectivity index (χ4n) is 2.55. The number of likely N-dealkylation sites (tertiary alicyclic amines) is 1. The van der Waals surface area contributed by atoms with Gasteiger partial charge in [-0.3, -0.25) is 0 Å². The Kier molecular flexibility index (Phi) is 5.61. The number of amides is 1. The molecule has 1 atom stereocenters. The summed E-state index contributed by atoms with van der Waals surface area (Å²) in [6.07, 6.45) is 3.04. The molecule has 1 fully saturated rings. The molecule has 0 aromatic carbocycles. The van der Waals surface area contributed by atoms with Crippen molar-refractivity contribution >= 4 is 22.8 Å². The number of hydrogen-bond donors (Lipinski definition) is 1. The average Bonchev–Trinajstić information content (AvgIpc) is 2.83. The van der Waals surface area contributed by atoms with Gasteiger partial charge < -0.3 is 15.0 Å². The largest absolute Gasteiger partial charge is 0.444 e. The van der Waals surface area contributed by atoms with Crippen LogP contribution in [0.1, 0.15) is 45.9 Å². The lowest BCUT2D eigenvalue weighted by Gasteiger charge is -2.34. The number of carbonyl (C=O) groups excluding carboxylic acids is 1. The van der Waals surface area contributed by atoms with Crippen LogP contribution in [0.2, 0.25) is 0 Å². The third-order valence-corrected chi connectivity index (χ3v) is 4.29. The van der Waals surface area contributed by atoms with Crippen LogP contribution in [-0.4, -0.2) is 45.6 Å². The van der Waals surface area contributed by atoms with Gasteiger partial charge in [0.2, 0.25) is 5.13 Å². The van der Waals surface area contributed by atoms with E-state index in [0.29, 0.717) is 5.92 Å². The maximum Gasteiger partial charge on any atom is 0.410 e. The first-order valence-electron chi connectivity index (χ1n) is 7.85. The fraction of sp³-hybridized carbons (Fsp3) is 0.800. The third kappa shape index (κ3) is 5.44. The molecular formula is C15H26N4O2S. The zero-order valence-corrected chi connectivity index (χ0v) is 14.7. The quantitative estimate of drug-likeness (QED) is 0.919. The second-order valence-electron chi connectivity index (χ2n) is 6.80. The lowest BCUT2D eigenvalue weighted by Crippen LogP contribution is -2.43. The summed E-state index contributed by atoms with van der Waals surface area (Å²) in [5, 5.41) is 4.18. The molecule has 0 spiro atoms. The Morgan fingerprint density at radius 3 is 2.91 bits per heavy atom. The van der Waals surface area contributed by atoms with Gasteiger partial charge in [-0.2, -0.15) is 4.37 Å². The van der Waals surface area contributed by atoms with Crippen molar-refractivity contribution in [3.8, 4) is 0 Å². The average molecular weight is 326 g/mol. The van der Waals surface area contributed by atoms with Crippen molar-refractivity contribution in [2.45, 2.75) is 52.6 Å². The molecule has 0 radical (unpaired) electrons. The highest BCUT2D eigenvalue weighted by atomic mass is 32.1. The Labute approximate surface area is 136 Å². The van der Waals surface area contributed by atoms with Gasteiger partial charge in [-0.15, -0.1) is 0 Å². The summed E-state index contributed by atoms with van der Waals surface area (Å²) in [5.74, 6) is 1.32. The van der Waals surface area contributed by atoms with Gasteiger partial charge in [-0.1, -0.05) is 0 Å². The van der Waals surface area contributed by atoms with E-state index in [1.54, 1.807) is 0 Å². The zero-order valence-electron chi connectivity index (χ0n) is 13.9. The number of piperidine rings is 1. The monoisotopic (exact) mass is 326 g/mol. The number of nitrogens with zero attached hydrogens (tertiary/aromatic N) is 3. The highest BCUT2D eigenvalue weighted by Gasteiger charge is 2.27. The molecule has 1 amide bonds. The standard InChI is InChI=1S/C15H26N4O2S/c1-11-17-13(22-18-11)16-8-7-12-6-5-9-19(10-12)14(20)21-15(2,3)4/h12H,5-10H2,1-4H3,(H,16,17,18). The highest BCUT2D eigenvalue weighted by Crippen LogP contribution is 2.22. The summed E-state index contributed by atoms with van der Waals surface area (Å²) >= 11 is 1.39. The molecule has 0 bridgehead atoms. The Balaban J connectivity index is 1.74. The van der Waals surface area contributed by atoms with E-state index < -0.39 is 5.60 Å². The molecule has 22 heavy (non-hydrogen) atoms. The normalized spacial score (nSPS) is 19.1. The van der Waals surface area contributed by atoms with Crippen LogP contribution in [0, 0.1) is 12.8 Å². The van der Waals surface area contributed by atoms with Crippen molar-refractivity contribution in [3.05, 3.63) is 5.82 Å². The van der Waals surface area contributed by atoms with Crippen molar-refractivity contribution in [3.63, 3.8) is 0 Å². The maximum atomic E-state index is 12.1. The van der Waals surface area contributed by atoms with Gasteiger partial charge >= 0.3 is 6.09 Å².